The van der Waals surface area contributed by atoms with E-state index in [0.29, 0.717) is 0 Å². The van der Waals surface area contributed by atoms with Gasteiger partial charge in [0.25, 0.3) is 5.91 Å². The Kier molecular flexibility index (Phi) is 3.00. The maximum absolute atomic E-state index is 12.5. The molecule has 0 aliphatic heterocycles. The first kappa shape index (κ1) is 13.1. The van der Waals surface area contributed by atoms with Gasteiger partial charge in [-0.05, 0) is 47.6 Å². The number of nitrogens with one attached hydrogen (secondary N) is 1. The number of aromatic nitrogens is 1. The van der Waals surface area contributed by atoms with Crippen molar-refractivity contribution in [2.75, 3.05) is 0 Å². The number of rotatable bonds is 2. The van der Waals surface area contributed by atoms with E-state index in [1.54, 1.807) is 0 Å². The van der Waals surface area contributed by atoms with Gasteiger partial charge in [0.2, 0.25) is 0 Å². The SMILES string of the molecule is Cn1ccc2ccc(C(=O)NC3Cc4ccccc4C3)cc21. The van der Waals surface area contributed by atoms with Crippen molar-refractivity contribution in [3.63, 3.8) is 0 Å². The lowest BCUT2D eigenvalue weighted by molar-refractivity contribution is 0.0938. The molecule has 0 atom stereocenters. The lowest BCUT2D eigenvalue weighted by atomic mass is 10.1. The standard InChI is InChI=1S/C19H18N2O/c1-21-9-8-13-6-7-16(12-18(13)21)19(22)20-17-10-14-4-2-3-5-15(14)11-17/h2-9,12,17H,10-11H2,1H3,(H,20,22). The lowest BCUT2D eigenvalue weighted by Gasteiger charge is -2.12. The van der Waals surface area contributed by atoms with Gasteiger partial charge in [0, 0.05) is 30.4 Å². The number of benzene rings is 2. The fourth-order valence-corrected chi connectivity index (χ4v) is 3.33. The van der Waals surface area contributed by atoms with E-state index in [1.165, 1.54) is 11.1 Å². The Hall–Kier alpha value is -2.55. The molecule has 3 nitrogen and oxygen atoms in total. The van der Waals surface area contributed by atoms with Crippen LogP contribution in [0.15, 0.2) is 54.7 Å². The Morgan fingerprint density at radius 1 is 1.09 bits per heavy atom. The van der Waals surface area contributed by atoms with Gasteiger partial charge >= 0.3 is 0 Å². The number of fused-ring (bicyclic) bond motifs is 2. The van der Waals surface area contributed by atoms with Gasteiger partial charge in [0.05, 0.1) is 0 Å². The third-order valence-corrected chi connectivity index (χ3v) is 4.54. The van der Waals surface area contributed by atoms with Crippen molar-refractivity contribution in [3.05, 3.63) is 71.4 Å². The largest absolute Gasteiger partial charge is 0.351 e. The van der Waals surface area contributed by atoms with Crippen LogP contribution in [0.1, 0.15) is 21.5 Å². The monoisotopic (exact) mass is 290 g/mol. The summed E-state index contributed by atoms with van der Waals surface area (Å²) in [5, 5.41) is 4.33. The van der Waals surface area contributed by atoms with Gasteiger partial charge in [-0.1, -0.05) is 30.3 Å². The maximum Gasteiger partial charge on any atom is 0.251 e. The highest BCUT2D eigenvalue weighted by Gasteiger charge is 2.22. The Labute approximate surface area is 129 Å². The van der Waals surface area contributed by atoms with Gasteiger partial charge in [0.15, 0.2) is 0 Å². The Bertz CT molecular complexity index is 838. The zero-order valence-electron chi connectivity index (χ0n) is 12.5. The smallest absolute Gasteiger partial charge is 0.251 e. The van der Waals surface area contributed by atoms with Crippen LogP contribution in [-0.2, 0) is 19.9 Å². The highest BCUT2D eigenvalue weighted by molar-refractivity contribution is 5.98. The van der Waals surface area contributed by atoms with Crippen molar-refractivity contribution in [1.82, 2.24) is 9.88 Å². The predicted molar refractivity (Wildman–Crippen MR) is 88.0 cm³/mol. The summed E-state index contributed by atoms with van der Waals surface area (Å²) in [4.78, 5) is 12.5. The summed E-state index contributed by atoms with van der Waals surface area (Å²) in [5.74, 6) is 0.0147. The van der Waals surface area contributed by atoms with Crippen LogP contribution in [0.25, 0.3) is 10.9 Å². The minimum atomic E-state index is 0.0147. The highest BCUT2D eigenvalue weighted by Crippen LogP contribution is 2.22. The summed E-state index contributed by atoms with van der Waals surface area (Å²) in [7, 11) is 2.00. The fraction of sp³-hybridized carbons (Fsp3) is 0.211. The first-order valence-corrected chi connectivity index (χ1v) is 7.63. The third kappa shape index (κ3) is 2.19. The quantitative estimate of drug-likeness (QED) is 0.773. The van der Waals surface area contributed by atoms with Crippen molar-refractivity contribution >= 4 is 16.8 Å². The van der Waals surface area contributed by atoms with Gasteiger partial charge in [-0.15, -0.1) is 0 Å². The summed E-state index contributed by atoms with van der Waals surface area (Å²) in [6, 6.07) is 16.6. The molecule has 1 aliphatic rings. The number of amides is 1. The fourth-order valence-electron chi connectivity index (χ4n) is 3.33. The van der Waals surface area contributed by atoms with E-state index in [4.69, 9.17) is 0 Å². The minimum Gasteiger partial charge on any atom is -0.351 e. The lowest BCUT2D eigenvalue weighted by Crippen LogP contribution is -2.35. The van der Waals surface area contributed by atoms with Crippen LogP contribution < -0.4 is 5.32 Å². The Morgan fingerprint density at radius 3 is 2.55 bits per heavy atom. The third-order valence-electron chi connectivity index (χ3n) is 4.54. The second-order valence-electron chi connectivity index (χ2n) is 6.05. The van der Waals surface area contributed by atoms with Crippen LogP contribution in [0.4, 0.5) is 0 Å². The average molecular weight is 290 g/mol. The first-order chi connectivity index (χ1) is 10.7. The first-order valence-electron chi connectivity index (χ1n) is 7.63. The van der Waals surface area contributed by atoms with Gasteiger partial charge < -0.3 is 9.88 Å². The number of hydrogen-bond donors (Lipinski definition) is 1. The number of aryl methyl sites for hydroxylation is 1. The molecule has 110 valence electrons. The van der Waals surface area contributed by atoms with Gasteiger partial charge in [0.1, 0.15) is 0 Å². The molecule has 0 spiro atoms. The molecule has 3 aromatic rings. The van der Waals surface area contributed by atoms with Crippen LogP contribution in [0.3, 0.4) is 0 Å². The molecular formula is C19H18N2O. The van der Waals surface area contributed by atoms with E-state index < -0.39 is 0 Å². The van der Waals surface area contributed by atoms with Crippen molar-refractivity contribution in [3.8, 4) is 0 Å². The molecular weight excluding hydrogens is 272 g/mol. The molecule has 3 heteroatoms. The predicted octanol–water partition coefficient (Wildman–Crippen LogP) is 3.08. The molecule has 0 bridgehead atoms. The van der Waals surface area contributed by atoms with E-state index in [9.17, 15) is 4.79 Å². The molecule has 0 unspecified atom stereocenters. The molecule has 1 amide bonds. The normalized spacial score (nSPS) is 14.2. The summed E-state index contributed by atoms with van der Waals surface area (Å²) < 4.78 is 2.04. The second-order valence-corrected chi connectivity index (χ2v) is 6.05. The van der Waals surface area contributed by atoms with Gasteiger partial charge in [-0.25, -0.2) is 0 Å². The van der Waals surface area contributed by atoms with E-state index in [-0.39, 0.29) is 11.9 Å². The topological polar surface area (TPSA) is 34.0 Å². The highest BCUT2D eigenvalue weighted by atomic mass is 16.1. The average Bonchev–Trinajstić information content (AvgIpc) is 3.10. The van der Waals surface area contributed by atoms with Crippen LogP contribution >= 0.6 is 0 Å². The maximum atomic E-state index is 12.5. The molecule has 1 N–H and O–H groups in total. The van der Waals surface area contributed by atoms with Crippen molar-refractivity contribution in [2.45, 2.75) is 18.9 Å². The van der Waals surface area contributed by atoms with Crippen LogP contribution in [-0.4, -0.2) is 16.5 Å². The second kappa shape index (κ2) is 5.02. The van der Waals surface area contributed by atoms with E-state index >= 15 is 0 Å². The summed E-state index contributed by atoms with van der Waals surface area (Å²) in [6.45, 7) is 0. The summed E-state index contributed by atoms with van der Waals surface area (Å²) in [5.41, 5.74) is 4.52. The zero-order chi connectivity index (χ0) is 15.1. The zero-order valence-corrected chi connectivity index (χ0v) is 12.5. The summed E-state index contributed by atoms with van der Waals surface area (Å²) >= 11 is 0. The van der Waals surface area contributed by atoms with Crippen molar-refractivity contribution < 1.29 is 4.79 Å². The van der Waals surface area contributed by atoms with Gasteiger partial charge in [-0.3, -0.25) is 4.79 Å². The molecule has 4 rings (SSSR count). The van der Waals surface area contributed by atoms with E-state index in [2.05, 4.69) is 35.6 Å². The molecule has 1 aliphatic carbocycles. The van der Waals surface area contributed by atoms with Crippen LogP contribution in [0.5, 0.6) is 0 Å². The molecule has 22 heavy (non-hydrogen) atoms. The number of hydrogen-bond acceptors (Lipinski definition) is 1. The van der Waals surface area contributed by atoms with Gasteiger partial charge in [-0.2, -0.15) is 0 Å². The number of carbonyl (C=O) groups excluding carboxylic acids is 1. The molecule has 0 saturated carbocycles. The molecule has 1 aromatic heterocycles. The molecule has 0 radical (unpaired) electrons. The molecule has 1 heterocycles. The molecule has 0 fully saturated rings. The summed E-state index contributed by atoms with van der Waals surface area (Å²) in [6.07, 6.45) is 3.86. The number of carbonyl (C=O) groups is 1. The minimum absolute atomic E-state index is 0.0147. The molecule has 2 aromatic carbocycles. The Balaban J connectivity index is 1.53. The molecule has 0 saturated heterocycles. The number of nitrogens with zero attached hydrogens (tertiary/aromatic N) is 1. The van der Waals surface area contributed by atoms with Crippen LogP contribution in [0, 0.1) is 0 Å². The van der Waals surface area contributed by atoms with Crippen molar-refractivity contribution in [1.29, 1.82) is 0 Å². The van der Waals surface area contributed by atoms with E-state index in [1.807, 2.05) is 36.0 Å². The Morgan fingerprint density at radius 2 is 1.82 bits per heavy atom. The van der Waals surface area contributed by atoms with Crippen LogP contribution in [0.2, 0.25) is 0 Å². The van der Waals surface area contributed by atoms with E-state index in [0.717, 1.165) is 29.3 Å². The van der Waals surface area contributed by atoms with Crippen molar-refractivity contribution in [2.24, 2.45) is 7.05 Å².